The van der Waals surface area contributed by atoms with Gasteiger partial charge in [-0.3, -0.25) is 0 Å². The molecule has 0 aliphatic carbocycles. The molecule has 0 saturated carbocycles. The second-order valence-electron chi connectivity index (χ2n) is 4.53. The summed E-state index contributed by atoms with van der Waals surface area (Å²) in [7, 11) is 1.36. The van der Waals surface area contributed by atoms with Crippen LogP contribution in [0.25, 0.3) is 0 Å². The molecular weight excluding hydrogens is 314 g/mol. The van der Waals surface area contributed by atoms with E-state index in [0.29, 0.717) is 22.9 Å². The van der Waals surface area contributed by atoms with Crippen molar-refractivity contribution in [3.05, 3.63) is 28.8 Å². The fourth-order valence-corrected chi connectivity index (χ4v) is 2.92. The monoisotopic (exact) mass is 335 g/mol. The summed E-state index contributed by atoms with van der Waals surface area (Å²) in [6.07, 6.45) is 0.739. The van der Waals surface area contributed by atoms with Gasteiger partial charge in [0.2, 0.25) is 0 Å². The molecule has 0 bridgehead atoms. The minimum Gasteiger partial charge on any atom is -0.496 e. The Morgan fingerprint density at radius 2 is 2.10 bits per heavy atom. The molecule has 0 fully saturated rings. The van der Waals surface area contributed by atoms with Crippen molar-refractivity contribution < 1.29 is 13.2 Å². The van der Waals surface area contributed by atoms with Crippen molar-refractivity contribution in [3.8, 4) is 5.75 Å². The van der Waals surface area contributed by atoms with E-state index in [9.17, 15) is 8.42 Å². The molecule has 0 heterocycles. The van der Waals surface area contributed by atoms with Crippen LogP contribution in [0, 0.1) is 0 Å². The molecule has 1 aromatic carbocycles. The summed E-state index contributed by atoms with van der Waals surface area (Å²) in [5.41, 5.74) is 0.619. The van der Waals surface area contributed by atoms with Crippen LogP contribution >= 0.6 is 11.6 Å². The molecule has 1 rings (SSSR count). The molecule has 8 heteroatoms. The van der Waals surface area contributed by atoms with Gasteiger partial charge in [-0.05, 0) is 32.1 Å². The number of hydrogen-bond acceptors (Lipinski definition) is 4. The molecule has 1 aromatic rings. The summed E-state index contributed by atoms with van der Waals surface area (Å²) in [6.45, 7) is 1.29. The number of ether oxygens (including phenoxy) is 1. The maximum Gasteiger partial charge on any atom is 0.279 e. The molecule has 2 N–H and O–H groups in total. The lowest BCUT2D eigenvalue weighted by molar-refractivity contribution is 0.408. The highest BCUT2D eigenvalue weighted by Gasteiger charge is 2.18. The van der Waals surface area contributed by atoms with E-state index in [1.807, 2.05) is 7.05 Å². The number of rotatable bonds is 9. The Hall–Kier alpha value is -0.860. The molecule has 21 heavy (non-hydrogen) atoms. The van der Waals surface area contributed by atoms with Crippen LogP contribution in [0.1, 0.15) is 12.0 Å². The zero-order chi connectivity index (χ0) is 15.9. The molecule has 0 amide bonds. The minimum absolute atomic E-state index is 0.0849. The van der Waals surface area contributed by atoms with Gasteiger partial charge < -0.3 is 10.1 Å². The molecule has 0 atom stereocenters. The average molecular weight is 336 g/mol. The predicted molar refractivity (Wildman–Crippen MR) is 84.9 cm³/mol. The first-order chi connectivity index (χ1) is 9.92. The molecular formula is C13H22ClN3O3S. The first-order valence-electron chi connectivity index (χ1n) is 6.59. The normalized spacial score (nSPS) is 11.9. The Morgan fingerprint density at radius 3 is 2.71 bits per heavy atom. The lowest BCUT2D eigenvalue weighted by atomic mass is 10.2. The van der Waals surface area contributed by atoms with E-state index in [0.717, 1.165) is 13.0 Å². The topological polar surface area (TPSA) is 70.7 Å². The van der Waals surface area contributed by atoms with E-state index in [-0.39, 0.29) is 6.54 Å². The van der Waals surface area contributed by atoms with Crippen molar-refractivity contribution in [2.24, 2.45) is 0 Å². The van der Waals surface area contributed by atoms with Gasteiger partial charge in [-0.2, -0.15) is 17.4 Å². The van der Waals surface area contributed by atoms with Gasteiger partial charge in [-0.25, -0.2) is 0 Å². The van der Waals surface area contributed by atoms with E-state index in [2.05, 4.69) is 10.0 Å². The largest absolute Gasteiger partial charge is 0.496 e. The van der Waals surface area contributed by atoms with Gasteiger partial charge in [0.1, 0.15) is 5.75 Å². The number of nitrogens with one attached hydrogen (secondary N) is 2. The number of hydrogen-bond donors (Lipinski definition) is 2. The van der Waals surface area contributed by atoms with Gasteiger partial charge in [0.25, 0.3) is 10.2 Å². The quantitative estimate of drug-likeness (QED) is 0.666. The zero-order valence-corrected chi connectivity index (χ0v) is 14.1. The summed E-state index contributed by atoms with van der Waals surface area (Å²) in [4.78, 5) is 0. The molecule has 0 unspecified atom stereocenters. The summed E-state index contributed by atoms with van der Waals surface area (Å²) >= 11 is 6.08. The second-order valence-corrected chi connectivity index (χ2v) is 6.79. The average Bonchev–Trinajstić information content (AvgIpc) is 2.45. The van der Waals surface area contributed by atoms with E-state index in [1.165, 1.54) is 11.4 Å². The number of halogens is 1. The Labute approximate surface area is 131 Å². The van der Waals surface area contributed by atoms with Gasteiger partial charge in [0.05, 0.1) is 7.11 Å². The van der Waals surface area contributed by atoms with Crippen LogP contribution in [-0.2, 0) is 16.8 Å². The van der Waals surface area contributed by atoms with E-state index < -0.39 is 10.2 Å². The molecule has 0 saturated heterocycles. The maximum atomic E-state index is 12.1. The SMILES string of the molecule is CNCCCN(C)S(=O)(=O)NCc1c(Cl)cccc1OC. The van der Waals surface area contributed by atoms with Crippen LogP contribution in [-0.4, -0.2) is 47.0 Å². The highest BCUT2D eigenvalue weighted by atomic mass is 35.5. The second kappa shape index (κ2) is 8.55. The molecule has 6 nitrogen and oxygen atoms in total. The fourth-order valence-electron chi connectivity index (χ4n) is 1.77. The Balaban J connectivity index is 2.69. The van der Waals surface area contributed by atoms with Crippen molar-refractivity contribution in [3.63, 3.8) is 0 Å². The smallest absolute Gasteiger partial charge is 0.279 e. The maximum absolute atomic E-state index is 12.1. The first-order valence-corrected chi connectivity index (χ1v) is 8.41. The highest BCUT2D eigenvalue weighted by Crippen LogP contribution is 2.26. The van der Waals surface area contributed by atoms with Crippen molar-refractivity contribution in [1.82, 2.24) is 14.3 Å². The van der Waals surface area contributed by atoms with Crippen molar-refractivity contribution in [2.45, 2.75) is 13.0 Å². The van der Waals surface area contributed by atoms with E-state index in [4.69, 9.17) is 16.3 Å². The third-order valence-electron chi connectivity index (χ3n) is 3.04. The molecule has 120 valence electrons. The fraction of sp³-hybridized carbons (Fsp3) is 0.538. The van der Waals surface area contributed by atoms with Crippen molar-refractivity contribution in [1.29, 1.82) is 0 Å². The van der Waals surface area contributed by atoms with Gasteiger partial charge in [0, 0.05) is 30.7 Å². The molecule has 0 radical (unpaired) electrons. The zero-order valence-electron chi connectivity index (χ0n) is 12.5. The van der Waals surface area contributed by atoms with Crippen LogP contribution in [0.5, 0.6) is 5.75 Å². The first kappa shape index (κ1) is 18.2. The number of benzene rings is 1. The minimum atomic E-state index is -3.54. The summed E-state index contributed by atoms with van der Waals surface area (Å²) in [5, 5.41) is 3.45. The lowest BCUT2D eigenvalue weighted by Gasteiger charge is -2.18. The van der Waals surface area contributed by atoms with Crippen LogP contribution in [0.2, 0.25) is 5.02 Å². The standard InChI is InChI=1S/C13H22ClN3O3S/c1-15-8-5-9-17(2)21(18,19)16-10-11-12(14)6-4-7-13(11)20-3/h4,6-7,15-16H,5,8-10H2,1-3H3. The lowest BCUT2D eigenvalue weighted by Crippen LogP contribution is -2.39. The van der Waals surface area contributed by atoms with Gasteiger partial charge in [-0.15, -0.1) is 0 Å². The third kappa shape index (κ3) is 5.44. The van der Waals surface area contributed by atoms with Crippen molar-refractivity contribution in [2.75, 3.05) is 34.3 Å². The summed E-state index contributed by atoms with van der Waals surface area (Å²) in [5.74, 6) is 0.558. The Morgan fingerprint density at radius 1 is 1.38 bits per heavy atom. The summed E-state index contributed by atoms with van der Waals surface area (Å²) < 4.78 is 33.2. The third-order valence-corrected chi connectivity index (χ3v) is 4.90. The molecule has 0 aliphatic heterocycles. The predicted octanol–water partition coefficient (Wildman–Crippen LogP) is 1.22. The molecule has 0 spiro atoms. The van der Waals surface area contributed by atoms with Gasteiger partial charge >= 0.3 is 0 Å². The summed E-state index contributed by atoms with van der Waals surface area (Å²) in [6, 6.07) is 5.19. The molecule has 0 aliphatic rings. The van der Waals surface area contributed by atoms with Gasteiger partial charge in [-0.1, -0.05) is 17.7 Å². The Kier molecular flexibility index (Phi) is 7.41. The van der Waals surface area contributed by atoms with Crippen LogP contribution in [0.4, 0.5) is 0 Å². The number of nitrogens with zero attached hydrogens (tertiary/aromatic N) is 1. The molecule has 0 aromatic heterocycles. The Bertz CT molecular complexity index is 552. The van der Waals surface area contributed by atoms with E-state index >= 15 is 0 Å². The van der Waals surface area contributed by atoms with Crippen LogP contribution in [0.3, 0.4) is 0 Å². The van der Waals surface area contributed by atoms with Crippen LogP contribution < -0.4 is 14.8 Å². The van der Waals surface area contributed by atoms with Crippen LogP contribution in [0.15, 0.2) is 18.2 Å². The van der Waals surface area contributed by atoms with Gasteiger partial charge in [0.15, 0.2) is 0 Å². The van der Waals surface area contributed by atoms with E-state index in [1.54, 1.807) is 25.2 Å². The highest BCUT2D eigenvalue weighted by molar-refractivity contribution is 7.87. The van der Waals surface area contributed by atoms with Crippen molar-refractivity contribution >= 4 is 21.8 Å². The number of methoxy groups -OCH3 is 1.